The topological polar surface area (TPSA) is 61.0 Å². The van der Waals surface area contributed by atoms with Crippen LogP contribution in [0.5, 0.6) is 11.6 Å². The first-order chi connectivity index (χ1) is 8.81. The number of hydrogen-bond acceptors (Lipinski definition) is 5. The van der Waals surface area contributed by atoms with Crippen molar-refractivity contribution in [2.45, 2.75) is 11.4 Å². The summed E-state index contributed by atoms with van der Waals surface area (Å²) in [6.07, 6.45) is 4.35. The molecule has 0 aliphatic carbocycles. The van der Waals surface area contributed by atoms with Crippen LogP contribution in [0.15, 0.2) is 41.7 Å². The van der Waals surface area contributed by atoms with E-state index in [1.54, 1.807) is 11.8 Å². The molecule has 0 amide bonds. The van der Waals surface area contributed by atoms with E-state index in [0.717, 1.165) is 17.2 Å². The van der Waals surface area contributed by atoms with Gasteiger partial charge in [-0.2, -0.15) is 0 Å². The molecule has 0 atom stereocenters. The maximum atomic E-state index is 5.66. The monoisotopic (exact) mass is 261 g/mol. The average molecular weight is 261 g/mol. The Morgan fingerprint density at radius 2 is 2.00 bits per heavy atom. The van der Waals surface area contributed by atoms with E-state index < -0.39 is 0 Å². The summed E-state index contributed by atoms with van der Waals surface area (Å²) in [4.78, 5) is 8.17. The minimum Gasteiger partial charge on any atom is -0.439 e. The molecule has 1 heterocycles. The highest BCUT2D eigenvalue weighted by Gasteiger charge is 2.01. The van der Waals surface area contributed by atoms with Gasteiger partial charge in [0.2, 0.25) is 5.88 Å². The van der Waals surface area contributed by atoms with Crippen LogP contribution >= 0.6 is 11.8 Å². The van der Waals surface area contributed by atoms with Crippen LogP contribution in [-0.4, -0.2) is 22.8 Å². The first-order valence-electron chi connectivity index (χ1n) is 5.64. The van der Waals surface area contributed by atoms with Crippen LogP contribution in [0.4, 0.5) is 0 Å². The molecule has 0 bridgehead atoms. The third-order valence-electron chi connectivity index (χ3n) is 2.40. The predicted molar refractivity (Wildman–Crippen MR) is 73.1 cm³/mol. The maximum absolute atomic E-state index is 5.66. The Balaban J connectivity index is 2.08. The molecule has 0 aliphatic rings. The zero-order chi connectivity index (χ0) is 12.8. The molecule has 1 aromatic carbocycles. The minimum absolute atomic E-state index is 0.556. The number of benzene rings is 1. The Bertz CT molecular complexity index is 502. The molecule has 0 unspecified atom stereocenters. The molecule has 0 radical (unpaired) electrons. The van der Waals surface area contributed by atoms with E-state index in [2.05, 4.69) is 9.97 Å². The molecular formula is C13H15N3OS. The highest BCUT2D eigenvalue weighted by molar-refractivity contribution is 7.98. The zero-order valence-corrected chi connectivity index (χ0v) is 11.0. The van der Waals surface area contributed by atoms with Crippen molar-refractivity contribution < 1.29 is 4.74 Å². The molecule has 94 valence electrons. The molecule has 0 fully saturated rings. The van der Waals surface area contributed by atoms with E-state index in [9.17, 15) is 0 Å². The summed E-state index contributed by atoms with van der Waals surface area (Å²) < 4.78 is 5.66. The second-order valence-electron chi connectivity index (χ2n) is 3.68. The van der Waals surface area contributed by atoms with Gasteiger partial charge >= 0.3 is 0 Å². The van der Waals surface area contributed by atoms with Crippen molar-refractivity contribution in [1.29, 1.82) is 0 Å². The second kappa shape index (κ2) is 6.37. The Labute approximate surface area is 111 Å². The minimum atomic E-state index is 0.556. The number of nitrogens with zero attached hydrogens (tertiary/aromatic N) is 2. The molecule has 18 heavy (non-hydrogen) atoms. The van der Waals surface area contributed by atoms with Crippen LogP contribution in [0.1, 0.15) is 5.56 Å². The number of aromatic nitrogens is 2. The predicted octanol–water partition coefficient (Wildman–Crippen LogP) is 2.49. The maximum Gasteiger partial charge on any atom is 0.223 e. The van der Waals surface area contributed by atoms with Crippen molar-refractivity contribution in [3.63, 3.8) is 0 Å². The van der Waals surface area contributed by atoms with E-state index >= 15 is 0 Å². The lowest BCUT2D eigenvalue weighted by Crippen LogP contribution is -2.02. The summed E-state index contributed by atoms with van der Waals surface area (Å²) in [5, 5.41) is 0.889. The third kappa shape index (κ3) is 3.45. The Hall–Kier alpha value is -1.59. The van der Waals surface area contributed by atoms with Gasteiger partial charge in [-0.15, -0.1) is 11.8 Å². The lowest BCUT2D eigenvalue weighted by molar-refractivity contribution is 0.459. The largest absolute Gasteiger partial charge is 0.439 e. The summed E-state index contributed by atoms with van der Waals surface area (Å²) in [5.41, 5.74) is 6.71. The van der Waals surface area contributed by atoms with Crippen LogP contribution in [-0.2, 0) is 6.42 Å². The van der Waals surface area contributed by atoms with Gasteiger partial charge in [-0.25, -0.2) is 9.97 Å². The Kier molecular flexibility index (Phi) is 4.55. The van der Waals surface area contributed by atoms with Crippen LogP contribution in [0.25, 0.3) is 0 Å². The standard InChI is InChI=1S/C13H15N3OS/c1-18-13-8-12(15-9-16-13)17-11-4-2-10(3-5-11)6-7-14/h2-5,8-9H,6-7,14H2,1H3. The molecule has 2 rings (SSSR count). The van der Waals surface area contributed by atoms with Gasteiger partial charge in [-0.3, -0.25) is 0 Å². The van der Waals surface area contributed by atoms with Crippen molar-refractivity contribution >= 4 is 11.8 Å². The van der Waals surface area contributed by atoms with Gasteiger partial charge in [0.1, 0.15) is 17.1 Å². The highest BCUT2D eigenvalue weighted by atomic mass is 32.2. The smallest absolute Gasteiger partial charge is 0.223 e. The number of hydrogen-bond donors (Lipinski definition) is 1. The van der Waals surface area contributed by atoms with Crippen molar-refractivity contribution in [1.82, 2.24) is 9.97 Å². The quantitative estimate of drug-likeness (QED) is 0.662. The van der Waals surface area contributed by atoms with Crippen molar-refractivity contribution in [3.05, 3.63) is 42.2 Å². The molecule has 0 saturated carbocycles. The van der Waals surface area contributed by atoms with E-state index in [0.29, 0.717) is 12.4 Å². The van der Waals surface area contributed by atoms with Gasteiger partial charge in [0.05, 0.1) is 0 Å². The first-order valence-corrected chi connectivity index (χ1v) is 6.87. The summed E-state index contributed by atoms with van der Waals surface area (Å²) in [6.45, 7) is 0.656. The normalized spacial score (nSPS) is 10.3. The summed E-state index contributed by atoms with van der Waals surface area (Å²) >= 11 is 1.56. The summed E-state index contributed by atoms with van der Waals surface area (Å²) in [6, 6.07) is 9.69. The molecule has 2 N–H and O–H groups in total. The molecule has 4 nitrogen and oxygen atoms in total. The fraction of sp³-hybridized carbons (Fsp3) is 0.231. The molecular weight excluding hydrogens is 246 g/mol. The van der Waals surface area contributed by atoms with Gasteiger partial charge in [0, 0.05) is 6.07 Å². The molecule has 1 aromatic heterocycles. The van der Waals surface area contributed by atoms with Gasteiger partial charge < -0.3 is 10.5 Å². The summed E-state index contributed by atoms with van der Waals surface area (Å²) in [7, 11) is 0. The van der Waals surface area contributed by atoms with Crippen LogP contribution < -0.4 is 10.5 Å². The fourth-order valence-electron chi connectivity index (χ4n) is 1.50. The fourth-order valence-corrected chi connectivity index (χ4v) is 1.87. The Morgan fingerprint density at radius 3 is 2.67 bits per heavy atom. The van der Waals surface area contributed by atoms with Crippen molar-refractivity contribution in [3.8, 4) is 11.6 Å². The van der Waals surface area contributed by atoms with Gasteiger partial charge in [0.25, 0.3) is 0 Å². The van der Waals surface area contributed by atoms with E-state index in [1.807, 2.05) is 36.6 Å². The lowest BCUT2D eigenvalue weighted by Gasteiger charge is -2.06. The third-order valence-corrected chi connectivity index (χ3v) is 3.05. The molecule has 0 aliphatic heterocycles. The van der Waals surface area contributed by atoms with Crippen molar-refractivity contribution in [2.24, 2.45) is 5.73 Å². The molecule has 5 heteroatoms. The highest BCUT2D eigenvalue weighted by Crippen LogP contribution is 2.22. The second-order valence-corrected chi connectivity index (χ2v) is 4.51. The SMILES string of the molecule is CSc1cc(Oc2ccc(CCN)cc2)ncn1. The first kappa shape index (κ1) is 12.9. The van der Waals surface area contributed by atoms with E-state index in [4.69, 9.17) is 10.5 Å². The van der Waals surface area contributed by atoms with E-state index in [1.165, 1.54) is 11.9 Å². The van der Waals surface area contributed by atoms with Gasteiger partial charge in [-0.05, 0) is 36.9 Å². The number of ether oxygens (including phenoxy) is 1. The molecule has 2 aromatic rings. The number of thioether (sulfide) groups is 1. The van der Waals surface area contributed by atoms with Crippen LogP contribution in [0.3, 0.4) is 0 Å². The lowest BCUT2D eigenvalue weighted by atomic mass is 10.1. The summed E-state index contributed by atoms with van der Waals surface area (Å²) in [5.74, 6) is 1.32. The van der Waals surface area contributed by atoms with Gasteiger partial charge in [-0.1, -0.05) is 12.1 Å². The number of rotatable bonds is 5. The van der Waals surface area contributed by atoms with Crippen LogP contribution in [0, 0.1) is 0 Å². The molecule has 0 saturated heterocycles. The Morgan fingerprint density at radius 1 is 1.22 bits per heavy atom. The van der Waals surface area contributed by atoms with Gasteiger partial charge in [0.15, 0.2) is 0 Å². The number of nitrogens with two attached hydrogens (primary N) is 1. The average Bonchev–Trinajstić information content (AvgIpc) is 2.42. The van der Waals surface area contributed by atoms with Crippen molar-refractivity contribution in [2.75, 3.05) is 12.8 Å². The zero-order valence-electron chi connectivity index (χ0n) is 10.2. The van der Waals surface area contributed by atoms with E-state index in [-0.39, 0.29) is 0 Å². The van der Waals surface area contributed by atoms with Crippen LogP contribution in [0.2, 0.25) is 0 Å². The molecule has 0 spiro atoms.